The van der Waals surface area contributed by atoms with Crippen molar-refractivity contribution in [1.29, 1.82) is 0 Å². The number of nitrogens with two attached hydrogens (primary N) is 1. The lowest BCUT2D eigenvalue weighted by Crippen LogP contribution is -2.03. The van der Waals surface area contributed by atoms with Crippen LogP contribution in [-0.4, -0.2) is 23.6 Å². The Bertz CT molecular complexity index is 502. The number of hydrogen-bond acceptors (Lipinski definition) is 5. The van der Waals surface area contributed by atoms with Crippen LogP contribution in [0.25, 0.3) is 0 Å². The highest BCUT2D eigenvalue weighted by Crippen LogP contribution is 2.32. The second-order valence-corrected chi connectivity index (χ2v) is 4.67. The van der Waals surface area contributed by atoms with Crippen LogP contribution in [0.4, 0.5) is 0 Å². The monoisotopic (exact) mass is 261 g/mol. The lowest BCUT2D eigenvalue weighted by atomic mass is 10.2. The quantitative estimate of drug-likeness (QED) is 0.835. The Labute approximate surface area is 111 Å². The molecule has 0 bridgehead atoms. The second-order valence-electron chi connectivity index (χ2n) is 3.67. The number of hydrogen-bond donors (Lipinski definition) is 1. The maximum atomic E-state index is 5.48. The molecule has 2 N–H and O–H groups in total. The van der Waals surface area contributed by atoms with E-state index in [1.165, 1.54) is 11.8 Å². The number of ether oxygens (including phenoxy) is 1. The lowest BCUT2D eigenvalue weighted by molar-refractivity contribution is 0.405. The summed E-state index contributed by atoms with van der Waals surface area (Å²) in [4.78, 5) is 9.62. The summed E-state index contributed by atoms with van der Waals surface area (Å²) in [6.45, 7) is 0.613. The molecular weight excluding hydrogens is 246 g/mol. The summed E-state index contributed by atoms with van der Waals surface area (Å²) in [6.07, 6.45) is 4.44. The number of rotatable bonds is 5. The molecule has 0 fully saturated rings. The Morgan fingerprint density at radius 1 is 1.22 bits per heavy atom. The van der Waals surface area contributed by atoms with Gasteiger partial charge < -0.3 is 10.5 Å². The molecule has 0 saturated heterocycles. The Hall–Kier alpha value is -1.59. The molecule has 18 heavy (non-hydrogen) atoms. The number of aromatic nitrogens is 2. The van der Waals surface area contributed by atoms with E-state index in [0.717, 1.165) is 22.6 Å². The van der Waals surface area contributed by atoms with Crippen molar-refractivity contribution in [2.75, 3.05) is 13.7 Å². The van der Waals surface area contributed by atoms with Gasteiger partial charge in [-0.25, -0.2) is 9.97 Å². The first-order chi connectivity index (χ1) is 8.83. The van der Waals surface area contributed by atoms with Crippen LogP contribution in [0, 0.1) is 0 Å². The van der Waals surface area contributed by atoms with Crippen molar-refractivity contribution in [3.05, 3.63) is 42.2 Å². The van der Waals surface area contributed by atoms with E-state index in [2.05, 4.69) is 9.97 Å². The molecule has 0 radical (unpaired) electrons. The molecule has 0 aliphatic carbocycles. The van der Waals surface area contributed by atoms with Crippen molar-refractivity contribution in [3.63, 3.8) is 0 Å². The molecule has 0 spiro atoms. The van der Waals surface area contributed by atoms with Crippen LogP contribution < -0.4 is 10.5 Å². The largest absolute Gasteiger partial charge is 0.496 e. The van der Waals surface area contributed by atoms with Crippen molar-refractivity contribution in [3.8, 4) is 5.75 Å². The average Bonchev–Trinajstić information content (AvgIpc) is 2.42. The molecule has 0 amide bonds. The van der Waals surface area contributed by atoms with Crippen molar-refractivity contribution in [2.45, 2.75) is 16.5 Å². The molecule has 5 heteroatoms. The number of nitrogens with zero attached hydrogens (tertiary/aromatic N) is 2. The average molecular weight is 261 g/mol. The normalized spacial score (nSPS) is 10.3. The third-order valence-corrected chi connectivity index (χ3v) is 3.34. The molecule has 2 aromatic rings. The predicted molar refractivity (Wildman–Crippen MR) is 71.9 cm³/mol. The van der Waals surface area contributed by atoms with Gasteiger partial charge in [0.15, 0.2) is 5.16 Å². The Morgan fingerprint density at radius 3 is 2.61 bits per heavy atom. The molecule has 94 valence electrons. The summed E-state index contributed by atoms with van der Waals surface area (Å²) in [7, 11) is 1.66. The summed E-state index contributed by atoms with van der Waals surface area (Å²) in [6, 6.07) is 7.81. The van der Waals surface area contributed by atoms with E-state index < -0.39 is 0 Å². The van der Waals surface area contributed by atoms with Crippen LogP contribution in [0.2, 0.25) is 0 Å². The van der Waals surface area contributed by atoms with Gasteiger partial charge in [0.05, 0.1) is 12.0 Å². The van der Waals surface area contributed by atoms with Crippen LogP contribution >= 0.6 is 11.8 Å². The minimum Gasteiger partial charge on any atom is -0.496 e. The second kappa shape index (κ2) is 6.37. The van der Waals surface area contributed by atoms with E-state index in [9.17, 15) is 0 Å². The molecular formula is C13H15N3OS. The summed E-state index contributed by atoms with van der Waals surface area (Å²) in [5.41, 5.74) is 6.54. The smallest absolute Gasteiger partial charge is 0.192 e. The molecule has 1 aromatic heterocycles. The van der Waals surface area contributed by atoms with Crippen LogP contribution in [0.3, 0.4) is 0 Å². The third-order valence-electron chi connectivity index (χ3n) is 2.38. The van der Waals surface area contributed by atoms with Gasteiger partial charge in [-0.2, -0.15) is 0 Å². The van der Waals surface area contributed by atoms with Crippen molar-refractivity contribution >= 4 is 11.8 Å². The molecule has 0 aliphatic rings. The van der Waals surface area contributed by atoms with Crippen molar-refractivity contribution in [2.24, 2.45) is 5.73 Å². The van der Waals surface area contributed by atoms with Gasteiger partial charge in [-0.15, -0.1) is 0 Å². The van der Waals surface area contributed by atoms with E-state index in [1.54, 1.807) is 7.11 Å². The highest BCUT2D eigenvalue weighted by molar-refractivity contribution is 7.99. The molecule has 0 aliphatic heterocycles. The highest BCUT2D eigenvalue weighted by Gasteiger charge is 2.06. The van der Waals surface area contributed by atoms with E-state index in [-0.39, 0.29) is 0 Å². The van der Waals surface area contributed by atoms with E-state index >= 15 is 0 Å². The fraction of sp³-hybridized carbons (Fsp3) is 0.231. The first kappa shape index (κ1) is 12.9. The zero-order valence-electron chi connectivity index (χ0n) is 10.2. The maximum Gasteiger partial charge on any atom is 0.192 e. The molecule has 0 unspecified atom stereocenters. The van der Waals surface area contributed by atoms with E-state index in [1.807, 2.05) is 36.7 Å². The van der Waals surface area contributed by atoms with Gasteiger partial charge in [-0.1, -0.05) is 12.1 Å². The molecule has 0 atom stereocenters. The Kier molecular flexibility index (Phi) is 4.55. The minimum absolute atomic E-state index is 0.613. The highest BCUT2D eigenvalue weighted by atomic mass is 32.2. The van der Waals surface area contributed by atoms with E-state index in [0.29, 0.717) is 11.7 Å². The van der Waals surface area contributed by atoms with Crippen LogP contribution in [0.15, 0.2) is 46.7 Å². The first-order valence-corrected chi connectivity index (χ1v) is 6.47. The van der Waals surface area contributed by atoms with E-state index in [4.69, 9.17) is 10.5 Å². The molecule has 2 rings (SSSR count). The molecule has 0 saturated carbocycles. The van der Waals surface area contributed by atoms with Gasteiger partial charge in [0.1, 0.15) is 5.75 Å². The zero-order valence-corrected chi connectivity index (χ0v) is 11.0. The topological polar surface area (TPSA) is 61.0 Å². The summed E-state index contributed by atoms with van der Waals surface area (Å²) in [5, 5.41) is 0.709. The Morgan fingerprint density at radius 2 is 1.94 bits per heavy atom. The zero-order chi connectivity index (χ0) is 12.8. The number of para-hydroxylation sites is 1. The van der Waals surface area contributed by atoms with Gasteiger partial charge in [-0.3, -0.25) is 0 Å². The third kappa shape index (κ3) is 3.21. The number of benzene rings is 1. The van der Waals surface area contributed by atoms with Gasteiger partial charge in [-0.05, 0) is 42.4 Å². The predicted octanol–water partition coefficient (Wildman–Crippen LogP) is 2.14. The molecule has 4 nitrogen and oxygen atoms in total. The fourth-order valence-electron chi connectivity index (χ4n) is 1.49. The molecule has 1 aromatic carbocycles. The summed E-state index contributed by atoms with van der Waals surface area (Å²) >= 11 is 1.49. The minimum atomic E-state index is 0.613. The van der Waals surface area contributed by atoms with Crippen molar-refractivity contribution < 1.29 is 4.74 Å². The van der Waals surface area contributed by atoms with Gasteiger partial charge in [0.25, 0.3) is 0 Å². The van der Waals surface area contributed by atoms with Crippen LogP contribution in [0.1, 0.15) is 5.56 Å². The van der Waals surface area contributed by atoms with Crippen LogP contribution in [0.5, 0.6) is 5.75 Å². The standard InChI is InChI=1S/C13H15N3OS/c1-17-11-4-2-3-5-12(11)18-13-15-8-10(6-7-14)9-16-13/h2-5,8-9H,6-7,14H2,1H3. The Balaban J connectivity index is 2.13. The summed E-state index contributed by atoms with van der Waals surface area (Å²) < 4.78 is 5.29. The SMILES string of the molecule is COc1ccccc1Sc1ncc(CCN)cn1. The lowest BCUT2D eigenvalue weighted by Gasteiger charge is -2.06. The fourth-order valence-corrected chi connectivity index (χ4v) is 2.30. The number of methoxy groups -OCH3 is 1. The van der Waals surface area contributed by atoms with Crippen LogP contribution in [-0.2, 0) is 6.42 Å². The van der Waals surface area contributed by atoms with Gasteiger partial charge >= 0.3 is 0 Å². The first-order valence-electron chi connectivity index (χ1n) is 5.65. The van der Waals surface area contributed by atoms with Crippen molar-refractivity contribution in [1.82, 2.24) is 9.97 Å². The van der Waals surface area contributed by atoms with Gasteiger partial charge in [0, 0.05) is 12.4 Å². The molecule has 1 heterocycles. The van der Waals surface area contributed by atoms with Gasteiger partial charge in [0.2, 0.25) is 0 Å². The summed E-state index contributed by atoms with van der Waals surface area (Å²) in [5.74, 6) is 0.831. The maximum absolute atomic E-state index is 5.48.